The molecule has 0 amide bonds. The molecular formula is C13H13F2NO4. The number of nitrogens with one attached hydrogen (secondary N) is 1. The summed E-state index contributed by atoms with van der Waals surface area (Å²) in [5.41, 5.74) is 0.812. The SMILES string of the molecule is CC/C(=C/CNc1ccc2c(c1)OC(F)(F)O2)C(=O)O. The second-order valence-corrected chi connectivity index (χ2v) is 4.10. The number of hydrogen-bond acceptors (Lipinski definition) is 4. The van der Waals surface area contributed by atoms with Crippen molar-refractivity contribution in [3.05, 3.63) is 29.8 Å². The Morgan fingerprint density at radius 1 is 1.40 bits per heavy atom. The Labute approximate surface area is 113 Å². The molecule has 2 rings (SSSR count). The quantitative estimate of drug-likeness (QED) is 0.814. The lowest BCUT2D eigenvalue weighted by Gasteiger charge is -2.05. The van der Waals surface area contributed by atoms with E-state index in [1.165, 1.54) is 18.2 Å². The molecule has 2 N–H and O–H groups in total. The maximum absolute atomic E-state index is 12.8. The van der Waals surface area contributed by atoms with Crippen LogP contribution in [0.1, 0.15) is 13.3 Å². The average molecular weight is 285 g/mol. The van der Waals surface area contributed by atoms with E-state index in [4.69, 9.17) is 5.11 Å². The summed E-state index contributed by atoms with van der Waals surface area (Å²) in [6.45, 7) is 2.01. The van der Waals surface area contributed by atoms with Crippen LogP contribution in [0, 0.1) is 0 Å². The Morgan fingerprint density at radius 2 is 2.10 bits per heavy atom. The van der Waals surface area contributed by atoms with Gasteiger partial charge in [-0.3, -0.25) is 0 Å². The van der Waals surface area contributed by atoms with Gasteiger partial charge in [0.1, 0.15) is 0 Å². The molecule has 108 valence electrons. The zero-order valence-corrected chi connectivity index (χ0v) is 10.7. The van der Waals surface area contributed by atoms with Crippen LogP contribution < -0.4 is 14.8 Å². The minimum absolute atomic E-state index is 0.0316. The molecular weight excluding hydrogens is 272 g/mol. The van der Waals surface area contributed by atoms with Gasteiger partial charge in [-0.15, -0.1) is 8.78 Å². The van der Waals surface area contributed by atoms with Crippen LogP contribution in [0.4, 0.5) is 14.5 Å². The molecule has 7 heteroatoms. The molecule has 0 fully saturated rings. The summed E-state index contributed by atoms with van der Waals surface area (Å²) in [4.78, 5) is 10.8. The second-order valence-electron chi connectivity index (χ2n) is 4.10. The van der Waals surface area contributed by atoms with Gasteiger partial charge < -0.3 is 19.9 Å². The first-order valence-electron chi connectivity index (χ1n) is 5.97. The van der Waals surface area contributed by atoms with Crippen molar-refractivity contribution in [2.45, 2.75) is 19.6 Å². The summed E-state index contributed by atoms with van der Waals surface area (Å²) >= 11 is 0. The number of carboxylic acids is 1. The standard InChI is InChI=1S/C13H13F2NO4/c1-2-8(12(17)18)5-6-16-9-3-4-10-11(7-9)20-13(14,15)19-10/h3-5,7,16H,2,6H2,1H3,(H,17,18)/b8-5-. The lowest BCUT2D eigenvalue weighted by molar-refractivity contribution is -0.286. The summed E-state index contributed by atoms with van der Waals surface area (Å²) in [7, 11) is 0. The zero-order valence-electron chi connectivity index (χ0n) is 10.7. The zero-order chi connectivity index (χ0) is 14.8. The maximum atomic E-state index is 12.8. The number of halogens is 2. The molecule has 0 bridgehead atoms. The number of benzene rings is 1. The van der Waals surface area contributed by atoms with E-state index in [0.29, 0.717) is 12.1 Å². The van der Waals surface area contributed by atoms with Crippen molar-refractivity contribution in [1.29, 1.82) is 0 Å². The molecule has 5 nitrogen and oxygen atoms in total. The van der Waals surface area contributed by atoms with Gasteiger partial charge in [0.2, 0.25) is 0 Å². The molecule has 0 aromatic heterocycles. The number of alkyl halides is 2. The predicted molar refractivity (Wildman–Crippen MR) is 67.1 cm³/mol. The Hall–Kier alpha value is -2.31. The fraction of sp³-hybridized carbons (Fsp3) is 0.308. The van der Waals surface area contributed by atoms with Crippen molar-refractivity contribution in [2.75, 3.05) is 11.9 Å². The van der Waals surface area contributed by atoms with Crippen molar-refractivity contribution in [1.82, 2.24) is 0 Å². The van der Waals surface area contributed by atoms with Gasteiger partial charge in [0, 0.05) is 23.9 Å². The maximum Gasteiger partial charge on any atom is 0.586 e. The minimum Gasteiger partial charge on any atom is -0.478 e. The van der Waals surface area contributed by atoms with Gasteiger partial charge in [0.05, 0.1) is 0 Å². The number of carboxylic acid groups (broad SMARTS) is 1. The molecule has 1 aliphatic rings. The van der Waals surface area contributed by atoms with E-state index >= 15 is 0 Å². The van der Waals surface area contributed by atoms with Gasteiger partial charge in [-0.2, -0.15) is 0 Å². The van der Waals surface area contributed by atoms with Crippen molar-refractivity contribution in [3.63, 3.8) is 0 Å². The van der Waals surface area contributed by atoms with E-state index in [1.807, 2.05) is 0 Å². The first kappa shape index (κ1) is 14.1. The van der Waals surface area contributed by atoms with Crippen molar-refractivity contribution >= 4 is 11.7 Å². The number of anilines is 1. The Kier molecular flexibility index (Phi) is 3.78. The largest absolute Gasteiger partial charge is 0.586 e. The van der Waals surface area contributed by atoms with Gasteiger partial charge >= 0.3 is 12.3 Å². The molecule has 1 aliphatic heterocycles. The van der Waals surface area contributed by atoms with Crippen LogP contribution in [-0.2, 0) is 4.79 Å². The summed E-state index contributed by atoms with van der Waals surface area (Å²) in [5, 5.41) is 11.7. The summed E-state index contributed by atoms with van der Waals surface area (Å²) in [6, 6.07) is 4.28. The molecule has 1 aromatic rings. The number of rotatable bonds is 5. The highest BCUT2D eigenvalue weighted by Gasteiger charge is 2.43. The molecule has 0 aliphatic carbocycles. The first-order chi connectivity index (χ1) is 9.41. The topological polar surface area (TPSA) is 67.8 Å². The van der Waals surface area contributed by atoms with E-state index in [1.54, 1.807) is 13.0 Å². The van der Waals surface area contributed by atoms with Crippen LogP contribution in [0.25, 0.3) is 0 Å². The van der Waals surface area contributed by atoms with E-state index in [2.05, 4.69) is 14.8 Å². The third kappa shape index (κ3) is 3.17. The van der Waals surface area contributed by atoms with Gasteiger partial charge in [0.15, 0.2) is 11.5 Å². The average Bonchev–Trinajstić information content (AvgIpc) is 2.67. The Morgan fingerprint density at radius 3 is 2.75 bits per heavy atom. The van der Waals surface area contributed by atoms with Crippen LogP contribution in [0.5, 0.6) is 11.5 Å². The molecule has 20 heavy (non-hydrogen) atoms. The molecule has 1 aromatic carbocycles. The molecule has 0 saturated heterocycles. The van der Waals surface area contributed by atoms with E-state index in [9.17, 15) is 13.6 Å². The minimum atomic E-state index is -3.64. The molecule has 1 heterocycles. The highest BCUT2D eigenvalue weighted by molar-refractivity contribution is 5.86. The van der Waals surface area contributed by atoms with E-state index in [0.717, 1.165) is 0 Å². The summed E-state index contributed by atoms with van der Waals surface area (Å²) in [6.07, 6.45) is -1.70. The van der Waals surface area contributed by atoms with Crippen LogP contribution >= 0.6 is 0 Å². The van der Waals surface area contributed by atoms with Crippen LogP contribution in [0.3, 0.4) is 0 Å². The lowest BCUT2D eigenvalue weighted by Crippen LogP contribution is -2.25. The molecule has 0 atom stereocenters. The van der Waals surface area contributed by atoms with Gasteiger partial charge in [-0.05, 0) is 18.6 Å². The number of aliphatic carboxylic acids is 1. The Bertz CT molecular complexity index is 557. The highest BCUT2D eigenvalue weighted by Crippen LogP contribution is 2.42. The molecule has 0 saturated carbocycles. The molecule has 0 radical (unpaired) electrons. The summed E-state index contributed by atoms with van der Waals surface area (Å²) in [5.74, 6) is -1.06. The number of fused-ring (bicyclic) bond motifs is 1. The molecule has 0 spiro atoms. The van der Waals surface area contributed by atoms with Gasteiger partial charge in [-0.25, -0.2) is 4.79 Å². The Balaban J connectivity index is 2.01. The van der Waals surface area contributed by atoms with Crippen LogP contribution in [-0.4, -0.2) is 23.9 Å². The predicted octanol–water partition coefficient (Wildman–Crippen LogP) is 2.84. The summed E-state index contributed by atoms with van der Waals surface area (Å²) < 4.78 is 34.2. The van der Waals surface area contributed by atoms with Crippen molar-refractivity contribution in [3.8, 4) is 11.5 Å². The normalized spacial score (nSPS) is 16.1. The third-order valence-corrected chi connectivity index (χ3v) is 2.71. The number of hydrogen-bond donors (Lipinski definition) is 2. The van der Waals surface area contributed by atoms with Crippen molar-refractivity contribution < 1.29 is 28.2 Å². The molecule has 0 unspecified atom stereocenters. The van der Waals surface area contributed by atoms with Crippen LogP contribution in [0.2, 0.25) is 0 Å². The van der Waals surface area contributed by atoms with Crippen LogP contribution in [0.15, 0.2) is 29.8 Å². The first-order valence-corrected chi connectivity index (χ1v) is 5.97. The number of carbonyl (C=O) groups is 1. The fourth-order valence-electron chi connectivity index (χ4n) is 1.73. The van der Waals surface area contributed by atoms with Gasteiger partial charge in [0.25, 0.3) is 0 Å². The highest BCUT2D eigenvalue weighted by atomic mass is 19.3. The van der Waals surface area contributed by atoms with Crippen molar-refractivity contribution in [2.24, 2.45) is 0 Å². The third-order valence-electron chi connectivity index (χ3n) is 2.71. The van der Waals surface area contributed by atoms with Gasteiger partial charge in [-0.1, -0.05) is 13.0 Å². The fourth-order valence-corrected chi connectivity index (χ4v) is 1.73. The smallest absolute Gasteiger partial charge is 0.478 e. The second kappa shape index (κ2) is 5.36. The number of ether oxygens (including phenoxy) is 2. The lowest BCUT2D eigenvalue weighted by atomic mass is 10.2. The van der Waals surface area contributed by atoms with E-state index < -0.39 is 12.3 Å². The monoisotopic (exact) mass is 285 g/mol. The van der Waals surface area contributed by atoms with E-state index in [-0.39, 0.29) is 23.6 Å².